The molecular weight excluding hydrogens is 484 g/mol. The molecule has 10 heteroatoms. The molecule has 1 aromatic carbocycles. The minimum absolute atomic E-state index is 0.0635. The molecule has 2 aromatic rings. The second-order valence-corrected chi connectivity index (χ2v) is 10.5. The summed E-state index contributed by atoms with van der Waals surface area (Å²) in [4.78, 5) is 38.5. The van der Waals surface area contributed by atoms with Crippen LogP contribution in [0.5, 0.6) is 5.75 Å². The number of nitrogens with zero attached hydrogens (tertiary/aromatic N) is 4. The van der Waals surface area contributed by atoms with Gasteiger partial charge in [-0.15, -0.1) is 0 Å². The third-order valence-electron chi connectivity index (χ3n) is 7.80. The van der Waals surface area contributed by atoms with E-state index in [1.807, 2.05) is 35.2 Å². The van der Waals surface area contributed by atoms with Crippen LogP contribution in [-0.2, 0) is 21.0 Å². The number of hydrogen-bond acceptors (Lipinski definition) is 8. The molecule has 10 nitrogen and oxygen atoms in total. The van der Waals surface area contributed by atoms with Gasteiger partial charge in [0.1, 0.15) is 24.3 Å². The highest BCUT2D eigenvalue weighted by Gasteiger charge is 2.44. The Morgan fingerprint density at radius 3 is 2.63 bits per heavy atom. The number of rotatable bonds is 5. The zero-order valence-electron chi connectivity index (χ0n) is 22.1. The molecule has 2 saturated heterocycles. The van der Waals surface area contributed by atoms with E-state index in [0.717, 1.165) is 67.9 Å². The van der Waals surface area contributed by atoms with Crippen molar-refractivity contribution >= 4 is 29.0 Å². The molecule has 1 spiro atoms. The number of carbonyl (C=O) groups excluding carboxylic acids is 2. The molecule has 3 N–H and O–H groups in total. The second kappa shape index (κ2) is 11.0. The molecule has 2 fully saturated rings. The first kappa shape index (κ1) is 26.0. The average Bonchev–Trinajstić information content (AvgIpc) is 2.89. The summed E-state index contributed by atoms with van der Waals surface area (Å²) in [7, 11) is 1.53. The molecule has 4 heterocycles. The fourth-order valence-corrected chi connectivity index (χ4v) is 5.85. The van der Waals surface area contributed by atoms with Crippen molar-refractivity contribution < 1.29 is 19.2 Å². The van der Waals surface area contributed by atoms with Crippen molar-refractivity contribution in [1.29, 1.82) is 0 Å². The fourth-order valence-electron chi connectivity index (χ4n) is 5.85. The molecule has 0 aliphatic carbocycles. The largest absolute Gasteiger partial charge is 0.486 e. The molecule has 202 valence electrons. The number of fused-ring (bicyclic) bond motifs is 1. The molecule has 0 bridgehead atoms. The predicted molar refractivity (Wildman–Crippen MR) is 145 cm³/mol. The number of amides is 2. The first-order valence-corrected chi connectivity index (χ1v) is 13.3. The van der Waals surface area contributed by atoms with Gasteiger partial charge < -0.3 is 25.5 Å². The van der Waals surface area contributed by atoms with Gasteiger partial charge >= 0.3 is 0 Å². The molecule has 0 saturated carbocycles. The average molecular weight is 521 g/mol. The van der Waals surface area contributed by atoms with Crippen LogP contribution in [0, 0.1) is 5.92 Å². The van der Waals surface area contributed by atoms with Crippen LogP contribution in [0.4, 0.5) is 11.5 Å². The van der Waals surface area contributed by atoms with Gasteiger partial charge in [0, 0.05) is 69.2 Å². The number of carbonyl (C=O) groups is 2. The van der Waals surface area contributed by atoms with Gasteiger partial charge in [-0.2, -0.15) is 0 Å². The number of ether oxygens (including phenoxy) is 1. The number of nitrogen functional groups attached to an aromatic ring is 1. The Morgan fingerprint density at radius 1 is 1.18 bits per heavy atom. The highest BCUT2D eigenvalue weighted by Crippen LogP contribution is 2.41. The smallest absolute Gasteiger partial charge is 0.225 e. The van der Waals surface area contributed by atoms with Crippen LogP contribution >= 0.6 is 0 Å². The van der Waals surface area contributed by atoms with E-state index in [9.17, 15) is 9.59 Å². The highest BCUT2D eigenvalue weighted by molar-refractivity contribution is 6.05. The minimum atomic E-state index is -0.424. The molecule has 5 rings (SSSR count). The van der Waals surface area contributed by atoms with E-state index in [0.29, 0.717) is 31.0 Å². The standard InChI is InChI=1S/C28H36N6O4/c1-19(35)31-22-3-4-25-23(16-22)24(32-37-2)17-28(38-25)8-13-34(14-9-28)27(36)21-6-11-33(12-7-21)18-20-5-10-30-26(29)15-20/h3-5,10,15-16,21H,6-9,11-14,17-18H2,1-2H3,(H2,29,30)(H,31,35)/b32-24+. The van der Waals surface area contributed by atoms with Crippen molar-refractivity contribution in [3.8, 4) is 5.75 Å². The predicted octanol–water partition coefficient (Wildman–Crippen LogP) is 3.03. The maximum absolute atomic E-state index is 13.4. The summed E-state index contributed by atoms with van der Waals surface area (Å²) in [5.74, 6) is 1.45. The molecule has 1 aromatic heterocycles. The summed E-state index contributed by atoms with van der Waals surface area (Å²) in [6, 6.07) is 9.48. The number of nitrogens with one attached hydrogen (secondary N) is 1. The topological polar surface area (TPSA) is 122 Å². The van der Waals surface area contributed by atoms with Crippen molar-refractivity contribution in [2.75, 3.05) is 44.3 Å². The molecule has 0 atom stereocenters. The zero-order chi connectivity index (χ0) is 26.7. The van der Waals surface area contributed by atoms with Gasteiger partial charge in [-0.3, -0.25) is 14.5 Å². The third kappa shape index (κ3) is 5.75. The van der Waals surface area contributed by atoms with Crippen LogP contribution in [0.15, 0.2) is 41.7 Å². The number of oxime groups is 1. The number of hydrogen-bond donors (Lipinski definition) is 2. The Bertz CT molecular complexity index is 1220. The normalized spacial score (nSPS) is 20.6. The number of piperidine rings is 2. The van der Waals surface area contributed by atoms with Gasteiger partial charge in [0.05, 0.1) is 5.71 Å². The van der Waals surface area contributed by atoms with Gasteiger partial charge in [0.2, 0.25) is 11.8 Å². The zero-order valence-corrected chi connectivity index (χ0v) is 22.1. The summed E-state index contributed by atoms with van der Waals surface area (Å²) in [6.45, 7) is 5.42. The van der Waals surface area contributed by atoms with Gasteiger partial charge in [0.15, 0.2) is 0 Å². The lowest BCUT2D eigenvalue weighted by molar-refractivity contribution is -0.140. The fraction of sp³-hybridized carbons (Fsp3) is 0.500. The van der Waals surface area contributed by atoms with Crippen molar-refractivity contribution in [1.82, 2.24) is 14.8 Å². The molecule has 0 radical (unpaired) electrons. The van der Waals surface area contributed by atoms with Gasteiger partial charge in [0.25, 0.3) is 0 Å². The molecule has 3 aliphatic rings. The van der Waals surface area contributed by atoms with E-state index in [-0.39, 0.29) is 17.7 Å². The number of benzene rings is 1. The van der Waals surface area contributed by atoms with Crippen LogP contribution in [0.25, 0.3) is 0 Å². The first-order chi connectivity index (χ1) is 18.3. The number of nitrogens with two attached hydrogens (primary N) is 1. The SMILES string of the molecule is CO/N=C1\CC2(CCN(C(=O)C3CCN(Cc4ccnc(N)c4)CC3)CC2)Oc2ccc(NC(C)=O)cc21. The van der Waals surface area contributed by atoms with Crippen LogP contribution in [-0.4, -0.2) is 71.2 Å². The lowest BCUT2D eigenvalue weighted by atomic mass is 9.81. The van der Waals surface area contributed by atoms with Crippen LogP contribution in [0.1, 0.15) is 50.2 Å². The number of pyridine rings is 1. The van der Waals surface area contributed by atoms with Crippen molar-refractivity contribution in [2.24, 2.45) is 11.1 Å². The summed E-state index contributed by atoms with van der Waals surface area (Å²) in [6.07, 6.45) is 5.54. The molecule has 2 amide bonds. The van der Waals surface area contributed by atoms with E-state index >= 15 is 0 Å². The second-order valence-electron chi connectivity index (χ2n) is 10.5. The minimum Gasteiger partial charge on any atom is -0.486 e. The maximum Gasteiger partial charge on any atom is 0.225 e. The Kier molecular flexibility index (Phi) is 7.51. The Hall–Kier alpha value is -3.66. The van der Waals surface area contributed by atoms with E-state index in [2.05, 4.69) is 20.4 Å². The van der Waals surface area contributed by atoms with Gasteiger partial charge in [-0.1, -0.05) is 5.16 Å². The van der Waals surface area contributed by atoms with Gasteiger partial charge in [-0.05, 0) is 61.8 Å². The summed E-state index contributed by atoms with van der Waals surface area (Å²) in [5, 5.41) is 7.10. The van der Waals surface area contributed by atoms with E-state index in [4.69, 9.17) is 15.3 Å². The lowest BCUT2D eigenvalue weighted by Crippen LogP contribution is -2.54. The molecular formula is C28H36N6O4. The van der Waals surface area contributed by atoms with Crippen molar-refractivity contribution in [2.45, 2.75) is 51.2 Å². The monoisotopic (exact) mass is 520 g/mol. The van der Waals surface area contributed by atoms with E-state index in [1.54, 1.807) is 6.20 Å². The molecule has 3 aliphatic heterocycles. The number of aromatic nitrogens is 1. The van der Waals surface area contributed by atoms with Crippen molar-refractivity contribution in [3.63, 3.8) is 0 Å². The maximum atomic E-state index is 13.4. The first-order valence-electron chi connectivity index (χ1n) is 13.3. The number of likely N-dealkylation sites (tertiary alicyclic amines) is 2. The van der Waals surface area contributed by atoms with Gasteiger partial charge in [-0.25, -0.2) is 4.98 Å². The highest BCUT2D eigenvalue weighted by atomic mass is 16.6. The summed E-state index contributed by atoms with van der Waals surface area (Å²) >= 11 is 0. The van der Waals surface area contributed by atoms with Crippen molar-refractivity contribution in [3.05, 3.63) is 47.7 Å². The Morgan fingerprint density at radius 2 is 1.95 bits per heavy atom. The van der Waals surface area contributed by atoms with E-state index < -0.39 is 5.60 Å². The molecule has 0 unspecified atom stereocenters. The van der Waals surface area contributed by atoms with Crippen LogP contribution in [0.3, 0.4) is 0 Å². The summed E-state index contributed by atoms with van der Waals surface area (Å²) < 4.78 is 6.54. The summed E-state index contributed by atoms with van der Waals surface area (Å²) in [5.41, 5.74) is 8.85. The molecule has 38 heavy (non-hydrogen) atoms. The third-order valence-corrected chi connectivity index (χ3v) is 7.80. The van der Waals surface area contributed by atoms with Crippen LogP contribution in [0.2, 0.25) is 0 Å². The Labute approximate surface area is 223 Å². The Balaban J connectivity index is 1.18. The number of anilines is 2. The van der Waals surface area contributed by atoms with E-state index in [1.165, 1.54) is 14.0 Å². The van der Waals surface area contributed by atoms with Crippen LogP contribution < -0.4 is 15.8 Å². The quantitative estimate of drug-likeness (QED) is 0.581. The lowest BCUT2D eigenvalue weighted by Gasteiger charge is -2.45.